The first kappa shape index (κ1) is 17.5. The van der Waals surface area contributed by atoms with Crippen molar-refractivity contribution in [2.45, 2.75) is 39.2 Å². The largest absolute Gasteiger partial charge is 0.375 e. The Morgan fingerprint density at radius 3 is 2.48 bits per heavy atom. The van der Waals surface area contributed by atoms with Gasteiger partial charge in [0.25, 0.3) is 5.91 Å². The van der Waals surface area contributed by atoms with Gasteiger partial charge in [0, 0.05) is 18.7 Å². The fourth-order valence-electron chi connectivity index (χ4n) is 2.54. The lowest BCUT2D eigenvalue weighted by Gasteiger charge is -2.31. The topological polar surface area (TPSA) is 58.6 Å². The highest BCUT2D eigenvalue weighted by molar-refractivity contribution is 5.96. The van der Waals surface area contributed by atoms with Gasteiger partial charge in [-0.05, 0) is 30.0 Å². The second-order valence-corrected chi connectivity index (χ2v) is 7.03. The number of amides is 2. The van der Waals surface area contributed by atoms with Gasteiger partial charge in [-0.2, -0.15) is 0 Å². The Bertz CT molecular complexity index is 561. The van der Waals surface area contributed by atoms with E-state index in [-0.39, 0.29) is 29.9 Å². The number of benzene rings is 1. The van der Waals surface area contributed by atoms with Crippen LogP contribution in [0.1, 0.15) is 43.6 Å². The average Bonchev–Trinajstić information content (AvgIpc) is 2.51. The van der Waals surface area contributed by atoms with Crippen LogP contribution in [0.4, 0.5) is 0 Å². The Morgan fingerprint density at radius 1 is 1.26 bits per heavy atom. The molecule has 2 amide bonds. The monoisotopic (exact) mass is 318 g/mol. The van der Waals surface area contributed by atoms with E-state index < -0.39 is 0 Å². The highest BCUT2D eigenvalue weighted by Crippen LogP contribution is 2.22. The van der Waals surface area contributed by atoms with Crippen LogP contribution in [0.2, 0.25) is 0 Å². The molecule has 0 spiro atoms. The van der Waals surface area contributed by atoms with Crippen LogP contribution in [0.25, 0.3) is 0 Å². The van der Waals surface area contributed by atoms with Crippen molar-refractivity contribution in [2.24, 2.45) is 0 Å². The quantitative estimate of drug-likeness (QED) is 0.927. The third kappa shape index (κ3) is 4.79. The van der Waals surface area contributed by atoms with Crippen LogP contribution in [0, 0.1) is 0 Å². The average molecular weight is 318 g/mol. The Morgan fingerprint density at radius 2 is 1.91 bits per heavy atom. The van der Waals surface area contributed by atoms with Gasteiger partial charge in [-0.3, -0.25) is 9.59 Å². The summed E-state index contributed by atoms with van der Waals surface area (Å²) in [6.45, 7) is 10.1. The molecule has 1 heterocycles. The van der Waals surface area contributed by atoms with Gasteiger partial charge in [0.05, 0.1) is 19.3 Å². The standard InChI is InChI=1S/C18H26N2O3/c1-13-12-20(9-10-23-13)16(21)11-19-17(22)14-5-7-15(8-6-14)18(2,3)4/h5-8,13H,9-12H2,1-4H3,(H,19,22). The molecule has 0 radical (unpaired) electrons. The molecular formula is C18H26N2O3. The second kappa shape index (κ2) is 7.13. The fraction of sp³-hybridized carbons (Fsp3) is 0.556. The van der Waals surface area contributed by atoms with Gasteiger partial charge in [0.15, 0.2) is 0 Å². The fourth-order valence-corrected chi connectivity index (χ4v) is 2.54. The first-order valence-corrected chi connectivity index (χ1v) is 8.05. The van der Waals surface area contributed by atoms with Crippen molar-refractivity contribution < 1.29 is 14.3 Å². The minimum absolute atomic E-state index is 0.0204. The summed E-state index contributed by atoms with van der Waals surface area (Å²) in [6.07, 6.45) is 0.0494. The van der Waals surface area contributed by atoms with Gasteiger partial charge >= 0.3 is 0 Å². The van der Waals surface area contributed by atoms with E-state index in [4.69, 9.17) is 4.74 Å². The van der Waals surface area contributed by atoms with Crippen molar-refractivity contribution >= 4 is 11.8 Å². The number of ether oxygens (including phenoxy) is 1. The van der Waals surface area contributed by atoms with E-state index in [1.807, 2.05) is 19.1 Å². The number of morpholine rings is 1. The van der Waals surface area contributed by atoms with Crippen molar-refractivity contribution in [3.05, 3.63) is 35.4 Å². The van der Waals surface area contributed by atoms with E-state index in [0.29, 0.717) is 25.3 Å². The molecule has 1 atom stereocenters. The Labute approximate surface area is 138 Å². The van der Waals surface area contributed by atoms with Gasteiger partial charge in [-0.15, -0.1) is 0 Å². The van der Waals surface area contributed by atoms with E-state index in [0.717, 1.165) is 0 Å². The lowest BCUT2D eigenvalue weighted by molar-refractivity contribution is -0.137. The van der Waals surface area contributed by atoms with Crippen LogP contribution in [-0.2, 0) is 14.9 Å². The van der Waals surface area contributed by atoms with Crippen LogP contribution in [0.15, 0.2) is 24.3 Å². The molecule has 5 heteroatoms. The minimum atomic E-state index is -0.222. The summed E-state index contributed by atoms with van der Waals surface area (Å²) in [5.74, 6) is -0.292. The predicted molar refractivity (Wildman–Crippen MR) is 89.5 cm³/mol. The molecule has 0 saturated carbocycles. The highest BCUT2D eigenvalue weighted by Gasteiger charge is 2.21. The molecular weight excluding hydrogens is 292 g/mol. The summed E-state index contributed by atoms with van der Waals surface area (Å²) >= 11 is 0. The minimum Gasteiger partial charge on any atom is -0.375 e. The third-order valence-electron chi connectivity index (χ3n) is 4.01. The first-order chi connectivity index (χ1) is 10.8. The van der Waals surface area contributed by atoms with Gasteiger partial charge in [0.2, 0.25) is 5.91 Å². The number of carbonyl (C=O) groups excluding carboxylic acids is 2. The van der Waals surface area contributed by atoms with E-state index in [1.165, 1.54) is 5.56 Å². The second-order valence-electron chi connectivity index (χ2n) is 7.03. The molecule has 5 nitrogen and oxygen atoms in total. The zero-order valence-corrected chi connectivity index (χ0v) is 14.4. The molecule has 23 heavy (non-hydrogen) atoms. The molecule has 1 aliphatic rings. The number of nitrogens with one attached hydrogen (secondary N) is 1. The Balaban J connectivity index is 1.88. The van der Waals surface area contributed by atoms with Crippen LogP contribution in [-0.4, -0.2) is 49.1 Å². The maximum Gasteiger partial charge on any atom is 0.251 e. The van der Waals surface area contributed by atoms with Crippen molar-refractivity contribution in [3.63, 3.8) is 0 Å². The molecule has 1 fully saturated rings. The Hall–Kier alpha value is -1.88. The smallest absolute Gasteiger partial charge is 0.251 e. The lowest BCUT2D eigenvalue weighted by atomic mass is 9.87. The molecule has 0 aliphatic carbocycles. The summed E-state index contributed by atoms with van der Waals surface area (Å²) in [4.78, 5) is 26.0. The normalized spacial score (nSPS) is 18.6. The molecule has 1 aliphatic heterocycles. The lowest BCUT2D eigenvalue weighted by Crippen LogP contribution is -2.48. The summed E-state index contributed by atoms with van der Waals surface area (Å²) in [7, 11) is 0. The number of hydrogen-bond donors (Lipinski definition) is 1. The van der Waals surface area contributed by atoms with Crippen molar-refractivity contribution in [3.8, 4) is 0 Å². The van der Waals surface area contributed by atoms with E-state index >= 15 is 0 Å². The maximum atomic E-state index is 12.2. The molecule has 126 valence electrons. The third-order valence-corrected chi connectivity index (χ3v) is 4.01. The zero-order chi connectivity index (χ0) is 17.0. The van der Waals surface area contributed by atoms with Crippen LogP contribution in [0.5, 0.6) is 0 Å². The van der Waals surface area contributed by atoms with Gasteiger partial charge in [-0.1, -0.05) is 32.9 Å². The van der Waals surface area contributed by atoms with Crippen LogP contribution >= 0.6 is 0 Å². The zero-order valence-electron chi connectivity index (χ0n) is 14.4. The van der Waals surface area contributed by atoms with Crippen LogP contribution in [0.3, 0.4) is 0 Å². The number of rotatable bonds is 3. The molecule has 0 aromatic heterocycles. The number of nitrogens with zero attached hydrogens (tertiary/aromatic N) is 1. The molecule has 1 aromatic carbocycles. The van der Waals surface area contributed by atoms with E-state index in [9.17, 15) is 9.59 Å². The summed E-state index contributed by atoms with van der Waals surface area (Å²) in [5.41, 5.74) is 1.80. The van der Waals surface area contributed by atoms with Gasteiger partial charge in [-0.25, -0.2) is 0 Å². The number of hydrogen-bond acceptors (Lipinski definition) is 3. The SMILES string of the molecule is CC1CN(C(=O)CNC(=O)c2ccc(C(C)(C)C)cc2)CCO1. The van der Waals surface area contributed by atoms with E-state index in [1.54, 1.807) is 17.0 Å². The van der Waals surface area contributed by atoms with Crippen molar-refractivity contribution in [2.75, 3.05) is 26.2 Å². The molecule has 1 N–H and O–H groups in total. The molecule has 0 bridgehead atoms. The van der Waals surface area contributed by atoms with Gasteiger partial charge < -0.3 is 15.0 Å². The Kier molecular flexibility index (Phi) is 5.42. The summed E-state index contributed by atoms with van der Waals surface area (Å²) in [6, 6.07) is 7.52. The van der Waals surface area contributed by atoms with E-state index in [2.05, 4.69) is 26.1 Å². The van der Waals surface area contributed by atoms with Crippen LogP contribution < -0.4 is 5.32 Å². The molecule has 1 aromatic rings. The first-order valence-electron chi connectivity index (χ1n) is 8.05. The summed E-state index contributed by atoms with van der Waals surface area (Å²) < 4.78 is 5.41. The molecule has 1 saturated heterocycles. The van der Waals surface area contributed by atoms with Crippen molar-refractivity contribution in [1.82, 2.24) is 10.2 Å². The molecule has 2 rings (SSSR count). The van der Waals surface area contributed by atoms with Crippen molar-refractivity contribution in [1.29, 1.82) is 0 Å². The summed E-state index contributed by atoms with van der Waals surface area (Å²) in [5, 5.41) is 2.70. The highest BCUT2D eigenvalue weighted by atomic mass is 16.5. The number of carbonyl (C=O) groups is 2. The van der Waals surface area contributed by atoms with Gasteiger partial charge in [0.1, 0.15) is 0 Å². The maximum absolute atomic E-state index is 12.2. The molecule has 1 unspecified atom stereocenters. The predicted octanol–water partition coefficient (Wildman–Crippen LogP) is 1.96.